The van der Waals surface area contributed by atoms with Crippen LogP contribution in [0.3, 0.4) is 0 Å². The SMILES string of the molecule is CCN(CC(=O)O)C1CC(NCCc2ccc(C(C)C)cc2)C1. The van der Waals surface area contributed by atoms with Crippen molar-refractivity contribution in [2.45, 2.75) is 58.0 Å². The molecule has 0 atom stereocenters. The average molecular weight is 318 g/mol. The lowest BCUT2D eigenvalue weighted by Gasteiger charge is -2.42. The van der Waals surface area contributed by atoms with Gasteiger partial charge in [0.25, 0.3) is 0 Å². The number of rotatable bonds is 9. The van der Waals surface area contributed by atoms with E-state index in [2.05, 4.69) is 48.3 Å². The van der Waals surface area contributed by atoms with Crippen LogP contribution in [0.1, 0.15) is 50.7 Å². The van der Waals surface area contributed by atoms with Gasteiger partial charge in [-0.25, -0.2) is 0 Å². The molecule has 0 amide bonds. The van der Waals surface area contributed by atoms with Crippen LogP contribution < -0.4 is 5.32 Å². The summed E-state index contributed by atoms with van der Waals surface area (Å²) < 4.78 is 0. The van der Waals surface area contributed by atoms with Crippen LogP contribution in [0.4, 0.5) is 0 Å². The molecule has 1 fully saturated rings. The molecular weight excluding hydrogens is 288 g/mol. The van der Waals surface area contributed by atoms with Gasteiger partial charge in [-0.3, -0.25) is 9.69 Å². The normalized spacial score (nSPS) is 20.7. The first-order chi connectivity index (χ1) is 11.0. The van der Waals surface area contributed by atoms with Gasteiger partial charge in [0.2, 0.25) is 0 Å². The fourth-order valence-corrected chi connectivity index (χ4v) is 3.22. The van der Waals surface area contributed by atoms with Crippen molar-refractivity contribution >= 4 is 5.97 Å². The molecule has 1 aromatic rings. The van der Waals surface area contributed by atoms with Crippen LogP contribution in [0.2, 0.25) is 0 Å². The van der Waals surface area contributed by atoms with Gasteiger partial charge in [-0.05, 0) is 49.4 Å². The Balaban J connectivity index is 1.65. The van der Waals surface area contributed by atoms with Crippen molar-refractivity contribution in [3.05, 3.63) is 35.4 Å². The van der Waals surface area contributed by atoms with Gasteiger partial charge in [-0.1, -0.05) is 45.0 Å². The highest BCUT2D eigenvalue weighted by molar-refractivity contribution is 5.69. The van der Waals surface area contributed by atoms with Gasteiger partial charge in [-0.15, -0.1) is 0 Å². The quantitative estimate of drug-likeness (QED) is 0.735. The van der Waals surface area contributed by atoms with Gasteiger partial charge in [0.05, 0.1) is 6.54 Å². The molecule has 0 radical (unpaired) electrons. The highest BCUT2D eigenvalue weighted by atomic mass is 16.4. The molecule has 1 aliphatic rings. The zero-order valence-electron chi connectivity index (χ0n) is 14.6. The van der Waals surface area contributed by atoms with Crippen LogP contribution >= 0.6 is 0 Å². The summed E-state index contributed by atoms with van der Waals surface area (Å²) in [5.41, 5.74) is 2.76. The Hall–Kier alpha value is -1.39. The first-order valence-corrected chi connectivity index (χ1v) is 8.77. The van der Waals surface area contributed by atoms with Crippen molar-refractivity contribution in [3.63, 3.8) is 0 Å². The minimum atomic E-state index is -0.729. The van der Waals surface area contributed by atoms with E-state index in [1.165, 1.54) is 11.1 Å². The van der Waals surface area contributed by atoms with E-state index in [4.69, 9.17) is 5.11 Å². The molecule has 2 N–H and O–H groups in total. The number of nitrogens with one attached hydrogen (secondary N) is 1. The van der Waals surface area contributed by atoms with Crippen molar-refractivity contribution in [2.75, 3.05) is 19.6 Å². The zero-order chi connectivity index (χ0) is 16.8. The summed E-state index contributed by atoms with van der Waals surface area (Å²) in [4.78, 5) is 12.9. The van der Waals surface area contributed by atoms with E-state index < -0.39 is 5.97 Å². The number of nitrogens with zero attached hydrogens (tertiary/aromatic N) is 1. The standard InChI is InChI=1S/C19H30N2O2/c1-4-21(13-19(22)23)18-11-17(12-18)20-10-9-15-5-7-16(8-6-15)14(2)3/h5-8,14,17-18,20H,4,9-13H2,1-3H3,(H,22,23). The maximum atomic E-state index is 10.8. The van der Waals surface area contributed by atoms with E-state index in [1.54, 1.807) is 0 Å². The van der Waals surface area contributed by atoms with Crippen molar-refractivity contribution in [1.82, 2.24) is 10.2 Å². The molecule has 1 saturated carbocycles. The number of likely N-dealkylation sites (N-methyl/N-ethyl adjacent to an activating group) is 1. The number of carboxylic acid groups (broad SMARTS) is 1. The molecule has 4 nitrogen and oxygen atoms in total. The highest BCUT2D eigenvalue weighted by Crippen LogP contribution is 2.25. The second-order valence-electron chi connectivity index (χ2n) is 6.88. The molecule has 4 heteroatoms. The van der Waals surface area contributed by atoms with Gasteiger partial charge in [0.1, 0.15) is 0 Å². The molecule has 0 aromatic heterocycles. The molecule has 0 heterocycles. The Morgan fingerprint density at radius 3 is 2.48 bits per heavy atom. The number of hydrogen-bond donors (Lipinski definition) is 2. The Bertz CT molecular complexity index is 493. The molecule has 0 saturated heterocycles. The Kier molecular flexibility index (Phi) is 6.60. The smallest absolute Gasteiger partial charge is 0.317 e. The number of hydrogen-bond acceptors (Lipinski definition) is 3. The van der Waals surface area contributed by atoms with Gasteiger partial charge in [0, 0.05) is 12.1 Å². The molecular formula is C19H30N2O2. The molecule has 128 valence electrons. The summed E-state index contributed by atoms with van der Waals surface area (Å²) in [6.07, 6.45) is 3.17. The van der Waals surface area contributed by atoms with Crippen LogP contribution in [0.15, 0.2) is 24.3 Å². The number of carboxylic acids is 1. The molecule has 1 aliphatic carbocycles. The number of aliphatic carboxylic acids is 1. The number of benzene rings is 1. The van der Waals surface area contributed by atoms with Crippen molar-refractivity contribution < 1.29 is 9.90 Å². The molecule has 0 unspecified atom stereocenters. The monoisotopic (exact) mass is 318 g/mol. The average Bonchev–Trinajstić information content (AvgIpc) is 2.48. The molecule has 2 rings (SSSR count). The van der Waals surface area contributed by atoms with Gasteiger partial charge in [-0.2, -0.15) is 0 Å². The summed E-state index contributed by atoms with van der Waals surface area (Å²) in [6, 6.07) is 9.88. The Morgan fingerprint density at radius 1 is 1.30 bits per heavy atom. The predicted octanol–water partition coefficient (Wildman–Crippen LogP) is 2.88. The summed E-state index contributed by atoms with van der Waals surface area (Å²) in [7, 11) is 0. The highest BCUT2D eigenvalue weighted by Gasteiger charge is 2.33. The van der Waals surface area contributed by atoms with Crippen molar-refractivity contribution in [3.8, 4) is 0 Å². The largest absolute Gasteiger partial charge is 0.480 e. The van der Waals surface area contributed by atoms with Crippen LogP contribution in [-0.2, 0) is 11.2 Å². The molecule has 0 aliphatic heterocycles. The van der Waals surface area contributed by atoms with E-state index in [0.717, 1.165) is 32.4 Å². The predicted molar refractivity (Wildman–Crippen MR) is 93.9 cm³/mol. The first kappa shape index (κ1) is 18.0. The second kappa shape index (κ2) is 8.46. The topological polar surface area (TPSA) is 52.6 Å². The Morgan fingerprint density at radius 2 is 1.96 bits per heavy atom. The molecule has 0 spiro atoms. The van der Waals surface area contributed by atoms with Crippen LogP contribution in [0.25, 0.3) is 0 Å². The van der Waals surface area contributed by atoms with Crippen molar-refractivity contribution in [2.24, 2.45) is 0 Å². The first-order valence-electron chi connectivity index (χ1n) is 8.77. The molecule has 0 bridgehead atoms. The van der Waals surface area contributed by atoms with Gasteiger partial charge in [0.15, 0.2) is 0 Å². The van der Waals surface area contributed by atoms with Crippen LogP contribution in [-0.4, -0.2) is 47.7 Å². The van der Waals surface area contributed by atoms with Gasteiger partial charge < -0.3 is 10.4 Å². The summed E-state index contributed by atoms with van der Waals surface area (Å²) >= 11 is 0. The molecule has 1 aromatic carbocycles. The summed E-state index contributed by atoms with van der Waals surface area (Å²) in [6.45, 7) is 8.43. The maximum absolute atomic E-state index is 10.8. The summed E-state index contributed by atoms with van der Waals surface area (Å²) in [5.74, 6) is -0.144. The molecule has 23 heavy (non-hydrogen) atoms. The van der Waals surface area contributed by atoms with Crippen LogP contribution in [0, 0.1) is 0 Å². The lowest BCUT2D eigenvalue weighted by atomic mass is 9.85. The third-order valence-electron chi connectivity index (χ3n) is 4.87. The summed E-state index contributed by atoms with van der Waals surface area (Å²) in [5, 5.41) is 12.5. The second-order valence-corrected chi connectivity index (χ2v) is 6.88. The lowest BCUT2D eigenvalue weighted by Crippen LogP contribution is -2.53. The number of carbonyl (C=O) groups is 1. The van der Waals surface area contributed by atoms with Crippen molar-refractivity contribution in [1.29, 1.82) is 0 Å². The van der Waals surface area contributed by atoms with E-state index >= 15 is 0 Å². The third kappa shape index (κ3) is 5.33. The Labute approximate surface area is 139 Å². The minimum Gasteiger partial charge on any atom is -0.480 e. The maximum Gasteiger partial charge on any atom is 0.317 e. The van der Waals surface area contributed by atoms with E-state index in [0.29, 0.717) is 18.0 Å². The van der Waals surface area contributed by atoms with E-state index in [-0.39, 0.29) is 6.54 Å². The minimum absolute atomic E-state index is 0.163. The van der Waals surface area contributed by atoms with E-state index in [9.17, 15) is 4.79 Å². The van der Waals surface area contributed by atoms with Gasteiger partial charge >= 0.3 is 5.97 Å². The fraction of sp³-hybridized carbons (Fsp3) is 0.632. The fourth-order valence-electron chi connectivity index (χ4n) is 3.22. The zero-order valence-corrected chi connectivity index (χ0v) is 14.6. The third-order valence-corrected chi connectivity index (χ3v) is 4.87. The van der Waals surface area contributed by atoms with E-state index in [1.807, 2.05) is 6.92 Å². The lowest BCUT2D eigenvalue weighted by molar-refractivity contribution is -0.139. The van der Waals surface area contributed by atoms with Crippen LogP contribution in [0.5, 0.6) is 0 Å².